The van der Waals surface area contributed by atoms with Crippen LogP contribution in [0, 0.1) is 0 Å². The zero-order valence-electron chi connectivity index (χ0n) is 14.5. The van der Waals surface area contributed by atoms with E-state index in [0.717, 1.165) is 16.3 Å². The number of fused-ring (bicyclic) bond motifs is 1. The van der Waals surface area contributed by atoms with E-state index in [1.54, 1.807) is 24.3 Å². The lowest BCUT2D eigenvalue weighted by Crippen LogP contribution is -2.18. The maximum atomic E-state index is 12.3. The van der Waals surface area contributed by atoms with Gasteiger partial charge in [0, 0.05) is 18.5 Å². The Bertz CT molecular complexity index is 937. The minimum Gasteiger partial charge on any atom is -0.375 e. The molecule has 2 amide bonds. The number of rotatable bonds is 6. The number of nitrogens with one attached hydrogen (secondary N) is 2. The highest BCUT2D eigenvalue weighted by Crippen LogP contribution is 2.18. The molecule has 0 unspecified atom stereocenters. The molecule has 0 fully saturated rings. The summed E-state index contributed by atoms with van der Waals surface area (Å²) in [7, 11) is 1.46. The first kappa shape index (κ1) is 17.6. The van der Waals surface area contributed by atoms with E-state index in [-0.39, 0.29) is 24.8 Å². The SMILES string of the molecule is COCC(=O)Nc1cccc(NC(=O)Cc2ccc3ccccc3c2)c1. The Hall–Kier alpha value is -3.18. The molecule has 0 bridgehead atoms. The molecule has 0 spiro atoms. The fraction of sp³-hybridized carbons (Fsp3) is 0.143. The Kier molecular flexibility index (Phi) is 5.61. The van der Waals surface area contributed by atoms with Crippen LogP contribution in [0.2, 0.25) is 0 Å². The minimum absolute atomic E-state index is 0.0153. The predicted octanol–water partition coefficient (Wildman–Crippen LogP) is 3.61. The number of benzene rings is 3. The van der Waals surface area contributed by atoms with Gasteiger partial charge in [0.05, 0.1) is 6.42 Å². The number of hydrogen-bond donors (Lipinski definition) is 2. The number of hydrogen-bond acceptors (Lipinski definition) is 3. The van der Waals surface area contributed by atoms with Crippen molar-refractivity contribution in [1.29, 1.82) is 0 Å². The van der Waals surface area contributed by atoms with Gasteiger partial charge in [0.15, 0.2) is 0 Å². The molecule has 0 atom stereocenters. The topological polar surface area (TPSA) is 67.4 Å². The summed E-state index contributed by atoms with van der Waals surface area (Å²) in [6, 6.07) is 21.1. The van der Waals surface area contributed by atoms with Crippen molar-refractivity contribution < 1.29 is 14.3 Å². The average molecular weight is 348 g/mol. The van der Waals surface area contributed by atoms with E-state index in [9.17, 15) is 9.59 Å². The lowest BCUT2D eigenvalue weighted by molar-refractivity contribution is -0.119. The molecule has 0 aliphatic carbocycles. The van der Waals surface area contributed by atoms with Crippen molar-refractivity contribution in [2.45, 2.75) is 6.42 Å². The third kappa shape index (κ3) is 4.68. The maximum Gasteiger partial charge on any atom is 0.250 e. The molecular formula is C21H20N2O3. The van der Waals surface area contributed by atoms with E-state index < -0.39 is 0 Å². The van der Waals surface area contributed by atoms with E-state index in [1.165, 1.54) is 7.11 Å². The number of anilines is 2. The highest BCUT2D eigenvalue weighted by atomic mass is 16.5. The first-order chi connectivity index (χ1) is 12.6. The summed E-state index contributed by atoms with van der Waals surface area (Å²) in [6.07, 6.45) is 0.283. The third-order valence-electron chi connectivity index (χ3n) is 3.88. The molecule has 26 heavy (non-hydrogen) atoms. The zero-order valence-corrected chi connectivity index (χ0v) is 14.5. The second-order valence-electron chi connectivity index (χ2n) is 5.97. The molecule has 3 rings (SSSR count). The van der Waals surface area contributed by atoms with Crippen molar-refractivity contribution in [2.24, 2.45) is 0 Å². The molecule has 0 radical (unpaired) electrons. The van der Waals surface area contributed by atoms with E-state index in [0.29, 0.717) is 11.4 Å². The Labute approximate surface area is 152 Å². The van der Waals surface area contributed by atoms with Gasteiger partial charge in [0.25, 0.3) is 0 Å². The maximum absolute atomic E-state index is 12.3. The summed E-state index contributed by atoms with van der Waals surface area (Å²) >= 11 is 0. The number of ether oxygens (including phenoxy) is 1. The summed E-state index contributed by atoms with van der Waals surface area (Å²) in [5.74, 6) is -0.354. The monoisotopic (exact) mass is 348 g/mol. The highest BCUT2D eigenvalue weighted by molar-refractivity contribution is 5.95. The van der Waals surface area contributed by atoms with Gasteiger partial charge in [-0.2, -0.15) is 0 Å². The minimum atomic E-state index is -0.243. The highest BCUT2D eigenvalue weighted by Gasteiger charge is 2.07. The fourth-order valence-electron chi connectivity index (χ4n) is 2.74. The molecule has 0 aliphatic heterocycles. The number of amides is 2. The van der Waals surface area contributed by atoms with E-state index in [4.69, 9.17) is 4.74 Å². The lowest BCUT2D eigenvalue weighted by Gasteiger charge is -2.09. The molecule has 132 valence electrons. The first-order valence-corrected chi connectivity index (χ1v) is 8.30. The van der Waals surface area contributed by atoms with Crippen LogP contribution in [0.4, 0.5) is 11.4 Å². The van der Waals surface area contributed by atoms with Crippen LogP contribution in [-0.4, -0.2) is 25.5 Å². The van der Waals surface area contributed by atoms with E-state index >= 15 is 0 Å². The molecule has 2 N–H and O–H groups in total. The molecule has 5 nitrogen and oxygen atoms in total. The van der Waals surface area contributed by atoms with Crippen LogP contribution in [0.1, 0.15) is 5.56 Å². The summed E-state index contributed by atoms with van der Waals surface area (Å²) in [5.41, 5.74) is 2.19. The van der Waals surface area contributed by atoms with Gasteiger partial charge in [-0.05, 0) is 34.5 Å². The Morgan fingerprint density at radius 1 is 0.808 bits per heavy atom. The smallest absolute Gasteiger partial charge is 0.250 e. The largest absolute Gasteiger partial charge is 0.375 e. The summed E-state index contributed by atoms with van der Waals surface area (Å²) < 4.78 is 4.79. The van der Waals surface area contributed by atoms with Gasteiger partial charge in [-0.3, -0.25) is 9.59 Å². The second-order valence-corrected chi connectivity index (χ2v) is 5.97. The van der Waals surface area contributed by atoms with Crippen molar-refractivity contribution in [3.05, 3.63) is 72.3 Å². The van der Waals surface area contributed by atoms with Crippen molar-refractivity contribution >= 4 is 34.0 Å². The van der Waals surface area contributed by atoms with Crippen LogP contribution in [0.25, 0.3) is 10.8 Å². The number of carbonyl (C=O) groups is 2. The van der Waals surface area contributed by atoms with Crippen molar-refractivity contribution in [2.75, 3.05) is 24.4 Å². The molecule has 0 saturated carbocycles. The van der Waals surface area contributed by atoms with Gasteiger partial charge in [0.1, 0.15) is 6.61 Å². The zero-order chi connectivity index (χ0) is 18.4. The third-order valence-corrected chi connectivity index (χ3v) is 3.88. The van der Waals surface area contributed by atoms with Crippen LogP contribution in [0.5, 0.6) is 0 Å². The molecule has 3 aromatic rings. The standard InChI is InChI=1S/C21H20N2O3/c1-26-14-21(25)23-19-8-4-7-18(13-19)22-20(24)12-15-9-10-16-5-2-3-6-17(16)11-15/h2-11,13H,12,14H2,1H3,(H,22,24)(H,23,25). The summed E-state index contributed by atoms with van der Waals surface area (Å²) in [5, 5.41) is 7.83. The molecule has 0 heterocycles. The van der Waals surface area contributed by atoms with Crippen LogP contribution in [0.15, 0.2) is 66.7 Å². The van der Waals surface area contributed by atoms with Crippen LogP contribution >= 0.6 is 0 Å². The molecule has 0 saturated heterocycles. The molecular weight excluding hydrogens is 328 g/mol. The van der Waals surface area contributed by atoms with Crippen molar-refractivity contribution in [3.63, 3.8) is 0 Å². The number of carbonyl (C=O) groups excluding carboxylic acids is 2. The normalized spacial score (nSPS) is 10.5. The van der Waals surface area contributed by atoms with Crippen molar-refractivity contribution in [1.82, 2.24) is 0 Å². The summed E-state index contributed by atoms with van der Waals surface area (Å²) in [6.45, 7) is -0.0153. The quantitative estimate of drug-likeness (QED) is 0.715. The Balaban J connectivity index is 1.64. The van der Waals surface area contributed by atoms with Crippen LogP contribution in [0.3, 0.4) is 0 Å². The van der Waals surface area contributed by atoms with Gasteiger partial charge in [0.2, 0.25) is 11.8 Å². The fourth-order valence-corrected chi connectivity index (χ4v) is 2.74. The molecule has 5 heteroatoms. The summed E-state index contributed by atoms with van der Waals surface area (Å²) in [4.78, 5) is 23.9. The molecule has 0 aromatic heterocycles. The van der Waals surface area contributed by atoms with Gasteiger partial charge < -0.3 is 15.4 Å². The molecule has 0 aliphatic rings. The average Bonchev–Trinajstić information content (AvgIpc) is 2.62. The van der Waals surface area contributed by atoms with Crippen molar-refractivity contribution in [3.8, 4) is 0 Å². The predicted molar refractivity (Wildman–Crippen MR) is 103 cm³/mol. The Morgan fingerprint density at radius 2 is 1.50 bits per heavy atom. The van der Waals surface area contributed by atoms with Gasteiger partial charge in [-0.25, -0.2) is 0 Å². The van der Waals surface area contributed by atoms with Gasteiger partial charge in [-0.15, -0.1) is 0 Å². The lowest BCUT2D eigenvalue weighted by atomic mass is 10.0. The second kappa shape index (κ2) is 8.27. The Morgan fingerprint density at radius 3 is 2.23 bits per heavy atom. The van der Waals surface area contributed by atoms with Gasteiger partial charge in [-0.1, -0.05) is 48.5 Å². The van der Waals surface area contributed by atoms with Crippen LogP contribution in [-0.2, 0) is 20.7 Å². The van der Waals surface area contributed by atoms with Gasteiger partial charge >= 0.3 is 0 Å². The van der Waals surface area contributed by atoms with E-state index in [2.05, 4.69) is 10.6 Å². The molecule has 3 aromatic carbocycles. The first-order valence-electron chi connectivity index (χ1n) is 8.30. The van der Waals surface area contributed by atoms with Crippen LogP contribution < -0.4 is 10.6 Å². The van der Waals surface area contributed by atoms with E-state index in [1.807, 2.05) is 42.5 Å². The number of methoxy groups -OCH3 is 1.